The number of carbonyl (C=O) groups is 2. The Labute approximate surface area is 114 Å². The number of likely N-dealkylation sites (N-methyl/N-ethyl adjacent to an activating group) is 1. The van der Waals surface area contributed by atoms with Crippen LogP contribution in [0.3, 0.4) is 0 Å². The molecule has 1 saturated carbocycles. The van der Waals surface area contributed by atoms with E-state index in [1.54, 1.807) is 0 Å². The van der Waals surface area contributed by atoms with Crippen LogP contribution in [0.5, 0.6) is 0 Å². The molecular formula is C13H25N3O3. The van der Waals surface area contributed by atoms with Gasteiger partial charge in [0.1, 0.15) is 0 Å². The first-order valence-corrected chi connectivity index (χ1v) is 6.86. The molecule has 0 radical (unpaired) electrons. The second-order valence-corrected chi connectivity index (χ2v) is 5.56. The second-order valence-electron chi connectivity index (χ2n) is 5.56. The van der Waals surface area contributed by atoms with E-state index >= 15 is 0 Å². The Hall–Kier alpha value is -1.30. The minimum atomic E-state index is -0.896. The van der Waals surface area contributed by atoms with Gasteiger partial charge in [0.05, 0.1) is 6.42 Å². The Bertz CT molecular complexity index is 316. The molecule has 0 spiro atoms. The van der Waals surface area contributed by atoms with Crippen molar-refractivity contribution in [3.05, 3.63) is 0 Å². The number of rotatable bonds is 8. The van der Waals surface area contributed by atoms with Crippen LogP contribution in [0.4, 0.5) is 4.79 Å². The number of carboxylic acid groups (broad SMARTS) is 1. The van der Waals surface area contributed by atoms with E-state index in [1.165, 1.54) is 12.8 Å². The summed E-state index contributed by atoms with van der Waals surface area (Å²) in [5.41, 5.74) is 0. The fourth-order valence-electron chi connectivity index (χ4n) is 1.90. The number of hydrogen-bond acceptors (Lipinski definition) is 3. The van der Waals surface area contributed by atoms with Gasteiger partial charge < -0.3 is 20.6 Å². The minimum absolute atomic E-state index is 0.0485. The van der Waals surface area contributed by atoms with Gasteiger partial charge in [-0.25, -0.2) is 4.79 Å². The molecule has 6 heteroatoms. The lowest BCUT2D eigenvalue weighted by atomic mass is 10.0. The monoisotopic (exact) mass is 271 g/mol. The number of carboxylic acids is 1. The van der Waals surface area contributed by atoms with Crippen LogP contribution in [-0.4, -0.2) is 54.2 Å². The molecule has 0 aromatic carbocycles. The SMILES string of the molecule is CC(C)C(CC(=O)O)NC(=O)NCCN(C)C1CC1. The van der Waals surface area contributed by atoms with Gasteiger partial charge in [0.25, 0.3) is 0 Å². The van der Waals surface area contributed by atoms with Crippen molar-refractivity contribution >= 4 is 12.0 Å². The van der Waals surface area contributed by atoms with Crippen LogP contribution in [0.2, 0.25) is 0 Å². The topological polar surface area (TPSA) is 81.7 Å². The third kappa shape index (κ3) is 6.42. The van der Waals surface area contributed by atoms with E-state index in [-0.39, 0.29) is 24.4 Å². The number of nitrogens with zero attached hydrogens (tertiary/aromatic N) is 1. The average molecular weight is 271 g/mol. The molecule has 1 unspecified atom stereocenters. The average Bonchev–Trinajstić information content (AvgIpc) is 3.10. The molecule has 19 heavy (non-hydrogen) atoms. The van der Waals surface area contributed by atoms with Gasteiger partial charge in [-0.15, -0.1) is 0 Å². The number of carbonyl (C=O) groups excluding carboxylic acids is 1. The van der Waals surface area contributed by atoms with Gasteiger partial charge in [0, 0.05) is 25.2 Å². The van der Waals surface area contributed by atoms with Crippen molar-refractivity contribution in [3.8, 4) is 0 Å². The van der Waals surface area contributed by atoms with Crippen LogP contribution in [0.25, 0.3) is 0 Å². The molecule has 0 aliphatic heterocycles. The molecule has 1 rings (SSSR count). The number of urea groups is 1. The minimum Gasteiger partial charge on any atom is -0.481 e. The zero-order chi connectivity index (χ0) is 14.4. The Morgan fingerprint density at radius 2 is 2.00 bits per heavy atom. The molecule has 110 valence electrons. The molecule has 0 saturated heterocycles. The van der Waals surface area contributed by atoms with Gasteiger partial charge in [0.15, 0.2) is 0 Å². The Kier molecular flexibility index (Phi) is 6.08. The first-order valence-electron chi connectivity index (χ1n) is 6.86. The van der Waals surface area contributed by atoms with Crippen molar-refractivity contribution < 1.29 is 14.7 Å². The van der Waals surface area contributed by atoms with E-state index in [9.17, 15) is 9.59 Å². The summed E-state index contributed by atoms with van der Waals surface area (Å²) in [7, 11) is 2.05. The third-order valence-corrected chi connectivity index (χ3v) is 3.44. The smallest absolute Gasteiger partial charge is 0.315 e. The van der Waals surface area contributed by atoms with Crippen molar-refractivity contribution in [3.63, 3.8) is 0 Å². The largest absolute Gasteiger partial charge is 0.481 e. The second kappa shape index (κ2) is 7.33. The summed E-state index contributed by atoms with van der Waals surface area (Å²) < 4.78 is 0. The van der Waals surface area contributed by atoms with E-state index < -0.39 is 5.97 Å². The molecular weight excluding hydrogens is 246 g/mol. The summed E-state index contributed by atoms with van der Waals surface area (Å²) in [6, 6.07) is 0.0584. The molecule has 0 heterocycles. The van der Waals surface area contributed by atoms with Gasteiger partial charge in [0.2, 0.25) is 0 Å². The van der Waals surface area contributed by atoms with Crippen LogP contribution in [0.1, 0.15) is 33.1 Å². The lowest BCUT2D eigenvalue weighted by Crippen LogP contribution is -2.47. The van der Waals surface area contributed by atoms with Crippen molar-refractivity contribution in [1.82, 2.24) is 15.5 Å². The van der Waals surface area contributed by atoms with E-state index in [0.29, 0.717) is 12.6 Å². The lowest BCUT2D eigenvalue weighted by molar-refractivity contribution is -0.137. The van der Waals surface area contributed by atoms with E-state index in [2.05, 4.69) is 22.6 Å². The van der Waals surface area contributed by atoms with Crippen molar-refractivity contribution in [2.75, 3.05) is 20.1 Å². The predicted molar refractivity (Wildman–Crippen MR) is 73.1 cm³/mol. The molecule has 0 bridgehead atoms. The quantitative estimate of drug-likeness (QED) is 0.612. The van der Waals surface area contributed by atoms with E-state index in [4.69, 9.17) is 5.11 Å². The lowest BCUT2D eigenvalue weighted by Gasteiger charge is -2.21. The Morgan fingerprint density at radius 3 is 2.47 bits per heavy atom. The van der Waals surface area contributed by atoms with Crippen molar-refractivity contribution in [1.29, 1.82) is 0 Å². The summed E-state index contributed by atoms with van der Waals surface area (Å²) in [5, 5.41) is 14.3. The highest BCUT2D eigenvalue weighted by Gasteiger charge is 2.25. The van der Waals surface area contributed by atoms with Gasteiger partial charge in [-0.05, 0) is 25.8 Å². The van der Waals surface area contributed by atoms with E-state index in [1.807, 2.05) is 13.8 Å². The summed E-state index contributed by atoms with van der Waals surface area (Å²) in [6.07, 6.45) is 2.44. The predicted octanol–water partition coefficient (Wildman–Crippen LogP) is 0.879. The zero-order valence-corrected chi connectivity index (χ0v) is 12.0. The summed E-state index contributed by atoms with van der Waals surface area (Å²) in [4.78, 5) is 24.6. The third-order valence-electron chi connectivity index (χ3n) is 3.44. The fourth-order valence-corrected chi connectivity index (χ4v) is 1.90. The normalized spacial score (nSPS) is 16.5. The number of nitrogens with one attached hydrogen (secondary N) is 2. The van der Waals surface area contributed by atoms with Crippen LogP contribution in [0, 0.1) is 5.92 Å². The molecule has 2 amide bonds. The molecule has 1 atom stereocenters. The van der Waals surface area contributed by atoms with Gasteiger partial charge in [-0.1, -0.05) is 13.8 Å². The molecule has 1 fully saturated rings. The highest BCUT2D eigenvalue weighted by Crippen LogP contribution is 2.24. The van der Waals surface area contributed by atoms with Crippen LogP contribution >= 0.6 is 0 Å². The maximum absolute atomic E-state index is 11.7. The molecule has 1 aliphatic rings. The fraction of sp³-hybridized carbons (Fsp3) is 0.846. The van der Waals surface area contributed by atoms with Crippen molar-refractivity contribution in [2.45, 2.75) is 45.2 Å². The highest BCUT2D eigenvalue weighted by molar-refractivity contribution is 5.75. The summed E-state index contributed by atoms with van der Waals surface area (Å²) >= 11 is 0. The van der Waals surface area contributed by atoms with Gasteiger partial charge >= 0.3 is 12.0 Å². The molecule has 0 aromatic heterocycles. The standard InChI is InChI=1S/C13H25N3O3/c1-9(2)11(8-12(17)18)15-13(19)14-6-7-16(3)10-4-5-10/h9-11H,4-8H2,1-3H3,(H,17,18)(H2,14,15,19). The maximum atomic E-state index is 11.7. The number of hydrogen-bond donors (Lipinski definition) is 3. The first kappa shape index (κ1) is 15.8. The van der Waals surface area contributed by atoms with Crippen LogP contribution in [0.15, 0.2) is 0 Å². The molecule has 6 nitrogen and oxygen atoms in total. The highest BCUT2D eigenvalue weighted by atomic mass is 16.4. The first-order chi connectivity index (χ1) is 8.90. The van der Waals surface area contributed by atoms with Crippen molar-refractivity contribution in [2.24, 2.45) is 5.92 Å². The maximum Gasteiger partial charge on any atom is 0.315 e. The van der Waals surface area contributed by atoms with Gasteiger partial charge in [-0.2, -0.15) is 0 Å². The zero-order valence-electron chi connectivity index (χ0n) is 12.0. The molecule has 0 aromatic rings. The Balaban J connectivity index is 2.21. The molecule has 3 N–H and O–H groups in total. The molecule has 1 aliphatic carbocycles. The number of amides is 2. The number of aliphatic carboxylic acids is 1. The van der Waals surface area contributed by atoms with Gasteiger partial charge in [-0.3, -0.25) is 4.79 Å². The van der Waals surface area contributed by atoms with E-state index in [0.717, 1.165) is 6.54 Å². The summed E-state index contributed by atoms with van der Waals surface area (Å²) in [6.45, 7) is 5.20. The Morgan fingerprint density at radius 1 is 1.37 bits per heavy atom. The van der Waals surface area contributed by atoms with Crippen LogP contribution in [-0.2, 0) is 4.79 Å². The summed E-state index contributed by atoms with van der Waals surface area (Å²) in [5.74, 6) is -0.802. The van der Waals surface area contributed by atoms with Crippen LogP contribution < -0.4 is 10.6 Å².